The van der Waals surface area contributed by atoms with Gasteiger partial charge in [-0.2, -0.15) is 0 Å². The number of para-hydroxylation sites is 1. The third-order valence-electron chi connectivity index (χ3n) is 4.18. The quantitative estimate of drug-likeness (QED) is 0.761. The Kier molecular flexibility index (Phi) is 4.78. The van der Waals surface area contributed by atoms with Gasteiger partial charge in [-0.15, -0.1) is 0 Å². The van der Waals surface area contributed by atoms with E-state index < -0.39 is 0 Å². The lowest BCUT2D eigenvalue weighted by Gasteiger charge is -2.05. The molecule has 118 valence electrons. The van der Waals surface area contributed by atoms with Crippen molar-refractivity contribution in [3.63, 3.8) is 0 Å². The molecule has 1 N–H and O–H groups in total. The number of nitrogens with zero attached hydrogens (tertiary/aromatic N) is 1. The molecule has 3 rings (SSSR count). The molecule has 0 aliphatic heterocycles. The summed E-state index contributed by atoms with van der Waals surface area (Å²) in [6.07, 6.45) is 5.45. The van der Waals surface area contributed by atoms with Gasteiger partial charge in [-0.1, -0.05) is 18.2 Å². The van der Waals surface area contributed by atoms with Crippen LogP contribution in [0, 0.1) is 5.92 Å². The van der Waals surface area contributed by atoms with Gasteiger partial charge in [-0.05, 0) is 38.2 Å². The maximum atomic E-state index is 12.4. The zero-order valence-corrected chi connectivity index (χ0v) is 13.2. The Morgan fingerprint density at radius 1 is 1.36 bits per heavy atom. The number of amides is 1. The average Bonchev–Trinajstić information content (AvgIpc) is 3.29. The first-order chi connectivity index (χ1) is 10.8. The molecule has 0 bridgehead atoms. The van der Waals surface area contributed by atoms with Gasteiger partial charge in [-0.25, -0.2) is 0 Å². The number of ether oxygens (including phenoxy) is 1. The molecule has 4 heteroatoms. The minimum Gasteiger partial charge on any atom is -0.381 e. The van der Waals surface area contributed by atoms with E-state index in [4.69, 9.17) is 4.74 Å². The number of nitrogens with one attached hydrogen (secondary N) is 1. The molecular formula is C18H24N2O2. The molecule has 22 heavy (non-hydrogen) atoms. The number of carbonyl (C=O) groups is 1. The van der Waals surface area contributed by atoms with Crippen molar-refractivity contribution in [2.24, 2.45) is 5.92 Å². The standard InChI is InChI=1S/C18H24N2O2/c1-2-20-12-16(15-6-3-4-7-17(15)20)18(21)19-10-5-11-22-13-14-8-9-14/h3-4,6-7,12,14H,2,5,8-11,13H2,1H3,(H,19,21). The number of carbonyl (C=O) groups excluding carboxylic acids is 1. The van der Waals surface area contributed by atoms with Crippen LogP contribution in [-0.4, -0.2) is 30.2 Å². The molecule has 0 radical (unpaired) electrons. The molecule has 1 aromatic heterocycles. The molecule has 1 fully saturated rings. The highest BCUT2D eigenvalue weighted by atomic mass is 16.5. The zero-order valence-electron chi connectivity index (χ0n) is 13.2. The van der Waals surface area contributed by atoms with Gasteiger partial charge in [0.25, 0.3) is 5.91 Å². The largest absolute Gasteiger partial charge is 0.381 e. The van der Waals surface area contributed by atoms with E-state index >= 15 is 0 Å². The Labute approximate surface area is 131 Å². The molecule has 1 heterocycles. The SMILES string of the molecule is CCn1cc(C(=O)NCCCOCC2CC2)c2ccccc21. The summed E-state index contributed by atoms with van der Waals surface area (Å²) in [6, 6.07) is 8.05. The molecule has 4 nitrogen and oxygen atoms in total. The van der Waals surface area contributed by atoms with Crippen LogP contribution in [0.2, 0.25) is 0 Å². The topological polar surface area (TPSA) is 43.3 Å². The van der Waals surface area contributed by atoms with Crippen molar-refractivity contribution in [3.05, 3.63) is 36.0 Å². The van der Waals surface area contributed by atoms with Gasteiger partial charge >= 0.3 is 0 Å². The summed E-state index contributed by atoms with van der Waals surface area (Å²) in [5.74, 6) is 0.806. The molecule has 0 atom stereocenters. The second-order valence-electron chi connectivity index (χ2n) is 5.97. The molecule has 0 unspecified atom stereocenters. The first-order valence-corrected chi connectivity index (χ1v) is 8.23. The van der Waals surface area contributed by atoms with Gasteiger partial charge < -0.3 is 14.6 Å². The third-order valence-corrected chi connectivity index (χ3v) is 4.18. The van der Waals surface area contributed by atoms with Crippen molar-refractivity contribution in [1.29, 1.82) is 0 Å². The highest BCUT2D eigenvalue weighted by molar-refractivity contribution is 6.06. The van der Waals surface area contributed by atoms with Crippen LogP contribution in [0.25, 0.3) is 10.9 Å². The normalized spacial score (nSPS) is 14.4. The lowest BCUT2D eigenvalue weighted by atomic mass is 10.1. The number of aromatic nitrogens is 1. The maximum absolute atomic E-state index is 12.4. The summed E-state index contributed by atoms with van der Waals surface area (Å²) >= 11 is 0. The van der Waals surface area contributed by atoms with Crippen molar-refractivity contribution < 1.29 is 9.53 Å². The summed E-state index contributed by atoms with van der Waals surface area (Å²) in [5.41, 5.74) is 1.87. The van der Waals surface area contributed by atoms with Crippen LogP contribution in [0.4, 0.5) is 0 Å². The number of benzene rings is 1. The summed E-state index contributed by atoms with van der Waals surface area (Å²) in [5, 5.41) is 4.02. The van der Waals surface area contributed by atoms with E-state index in [-0.39, 0.29) is 5.91 Å². The maximum Gasteiger partial charge on any atom is 0.253 e. The second-order valence-corrected chi connectivity index (χ2v) is 5.97. The van der Waals surface area contributed by atoms with Crippen molar-refractivity contribution >= 4 is 16.8 Å². The lowest BCUT2D eigenvalue weighted by molar-refractivity contribution is 0.0939. The van der Waals surface area contributed by atoms with Crippen molar-refractivity contribution in [3.8, 4) is 0 Å². The molecule has 1 saturated carbocycles. The van der Waals surface area contributed by atoms with Crippen LogP contribution in [0.3, 0.4) is 0 Å². The predicted octanol–water partition coefficient (Wildman–Crippen LogP) is 3.21. The summed E-state index contributed by atoms with van der Waals surface area (Å²) < 4.78 is 7.70. The average molecular weight is 300 g/mol. The molecule has 1 amide bonds. The fraction of sp³-hybridized carbons (Fsp3) is 0.500. The molecule has 1 aliphatic rings. The predicted molar refractivity (Wildman–Crippen MR) is 88.1 cm³/mol. The van der Waals surface area contributed by atoms with E-state index in [9.17, 15) is 4.79 Å². The lowest BCUT2D eigenvalue weighted by Crippen LogP contribution is -2.25. The summed E-state index contributed by atoms with van der Waals surface area (Å²) in [6.45, 7) is 5.23. The molecular weight excluding hydrogens is 276 g/mol. The minimum absolute atomic E-state index is 0.00518. The number of fused-ring (bicyclic) bond motifs is 1. The van der Waals surface area contributed by atoms with Gasteiger partial charge in [0.1, 0.15) is 0 Å². The van der Waals surface area contributed by atoms with Crippen LogP contribution in [-0.2, 0) is 11.3 Å². The molecule has 0 spiro atoms. The van der Waals surface area contributed by atoms with E-state index in [0.717, 1.165) is 48.6 Å². The fourth-order valence-electron chi connectivity index (χ4n) is 2.70. The highest BCUT2D eigenvalue weighted by Crippen LogP contribution is 2.28. The first-order valence-electron chi connectivity index (χ1n) is 8.23. The van der Waals surface area contributed by atoms with Gasteiger partial charge in [0.15, 0.2) is 0 Å². The van der Waals surface area contributed by atoms with Crippen LogP contribution < -0.4 is 5.32 Å². The fourth-order valence-corrected chi connectivity index (χ4v) is 2.70. The third kappa shape index (κ3) is 3.50. The van der Waals surface area contributed by atoms with E-state index in [1.165, 1.54) is 12.8 Å². The Balaban J connectivity index is 1.53. The highest BCUT2D eigenvalue weighted by Gasteiger charge is 2.20. The summed E-state index contributed by atoms with van der Waals surface area (Å²) in [7, 11) is 0. The van der Waals surface area contributed by atoms with Gasteiger partial charge in [-0.3, -0.25) is 4.79 Å². The van der Waals surface area contributed by atoms with Crippen molar-refractivity contribution in [2.75, 3.05) is 19.8 Å². The molecule has 1 aliphatic carbocycles. The Hall–Kier alpha value is -1.81. The minimum atomic E-state index is 0.00518. The van der Waals surface area contributed by atoms with E-state index in [1.54, 1.807) is 0 Å². The molecule has 1 aromatic carbocycles. The Morgan fingerprint density at radius 2 is 2.18 bits per heavy atom. The van der Waals surface area contributed by atoms with Gasteiger partial charge in [0, 0.05) is 43.4 Å². The van der Waals surface area contributed by atoms with Crippen molar-refractivity contribution in [1.82, 2.24) is 9.88 Å². The monoisotopic (exact) mass is 300 g/mol. The van der Waals surface area contributed by atoms with Crippen LogP contribution in [0.15, 0.2) is 30.5 Å². The van der Waals surface area contributed by atoms with E-state index in [2.05, 4.69) is 22.9 Å². The Bertz CT molecular complexity index is 644. The number of hydrogen-bond acceptors (Lipinski definition) is 2. The second kappa shape index (κ2) is 6.97. The molecule has 2 aromatic rings. The van der Waals surface area contributed by atoms with Crippen LogP contribution in [0.1, 0.15) is 36.5 Å². The number of aryl methyl sites for hydroxylation is 1. The van der Waals surface area contributed by atoms with E-state index in [0.29, 0.717) is 6.54 Å². The number of rotatable bonds is 8. The van der Waals surface area contributed by atoms with Crippen LogP contribution >= 0.6 is 0 Å². The Morgan fingerprint density at radius 3 is 2.95 bits per heavy atom. The van der Waals surface area contributed by atoms with Gasteiger partial charge in [0.2, 0.25) is 0 Å². The van der Waals surface area contributed by atoms with Crippen molar-refractivity contribution in [2.45, 2.75) is 32.7 Å². The number of hydrogen-bond donors (Lipinski definition) is 1. The van der Waals surface area contributed by atoms with Gasteiger partial charge in [0.05, 0.1) is 5.56 Å². The summed E-state index contributed by atoms with van der Waals surface area (Å²) in [4.78, 5) is 12.4. The molecule has 0 saturated heterocycles. The smallest absolute Gasteiger partial charge is 0.253 e. The first kappa shape index (κ1) is 15.1. The van der Waals surface area contributed by atoms with Crippen LogP contribution in [0.5, 0.6) is 0 Å². The zero-order chi connectivity index (χ0) is 15.4. The van der Waals surface area contributed by atoms with E-state index in [1.807, 2.05) is 24.4 Å².